The first-order valence-corrected chi connectivity index (χ1v) is 7.92. The molecular formula is C13H20N2O3S. The molecule has 0 saturated carbocycles. The van der Waals surface area contributed by atoms with Crippen LogP contribution >= 0.6 is 0 Å². The second kappa shape index (κ2) is 7.13. The van der Waals surface area contributed by atoms with Gasteiger partial charge in [-0.3, -0.25) is 4.79 Å². The van der Waals surface area contributed by atoms with E-state index in [2.05, 4.69) is 10.6 Å². The fraction of sp³-hybridized carbons (Fsp3) is 0.462. The van der Waals surface area contributed by atoms with Gasteiger partial charge in [0.2, 0.25) is 5.91 Å². The van der Waals surface area contributed by atoms with Crippen LogP contribution in [-0.2, 0) is 14.6 Å². The van der Waals surface area contributed by atoms with Gasteiger partial charge in [-0.1, -0.05) is 6.92 Å². The molecule has 106 valence electrons. The van der Waals surface area contributed by atoms with Gasteiger partial charge in [0.15, 0.2) is 9.84 Å². The van der Waals surface area contributed by atoms with Crippen LogP contribution in [0.3, 0.4) is 0 Å². The molecule has 0 saturated heterocycles. The number of benzene rings is 1. The smallest absolute Gasteiger partial charge is 0.221 e. The molecule has 1 amide bonds. The maximum absolute atomic E-state index is 11.8. The van der Waals surface area contributed by atoms with E-state index in [4.69, 9.17) is 0 Å². The molecule has 2 N–H and O–H groups in total. The minimum atomic E-state index is -3.16. The molecule has 0 fully saturated rings. The van der Waals surface area contributed by atoms with Crippen molar-refractivity contribution in [1.82, 2.24) is 5.32 Å². The summed E-state index contributed by atoms with van der Waals surface area (Å²) in [5.74, 6) is 0.130. The Morgan fingerprint density at radius 1 is 1.21 bits per heavy atom. The third kappa shape index (κ3) is 4.90. The van der Waals surface area contributed by atoms with Crippen molar-refractivity contribution >= 4 is 21.4 Å². The lowest BCUT2D eigenvalue weighted by Gasteiger charge is -2.07. The molecule has 0 aliphatic rings. The third-order valence-corrected chi connectivity index (χ3v) is 4.58. The Morgan fingerprint density at radius 3 is 2.37 bits per heavy atom. The number of hydrogen-bond donors (Lipinski definition) is 2. The minimum absolute atomic E-state index is 0.0327. The van der Waals surface area contributed by atoms with E-state index in [9.17, 15) is 13.2 Å². The summed E-state index contributed by atoms with van der Waals surface area (Å²) >= 11 is 0. The average Bonchev–Trinajstić information content (AvgIpc) is 2.39. The van der Waals surface area contributed by atoms with Crippen molar-refractivity contribution in [3.8, 4) is 0 Å². The first kappa shape index (κ1) is 15.5. The Kier molecular flexibility index (Phi) is 5.82. The van der Waals surface area contributed by atoms with Crippen molar-refractivity contribution in [1.29, 1.82) is 0 Å². The highest BCUT2D eigenvalue weighted by atomic mass is 32.2. The summed E-state index contributed by atoms with van der Waals surface area (Å²) in [6.45, 7) is 2.35. The molecule has 0 radical (unpaired) electrons. The highest BCUT2D eigenvalue weighted by Gasteiger charge is 2.12. The molecule has 1 aromatic rings. The Bertz CT molecular complexity index is 509. The molecule has 0 heterocycles. The SMILES string of the molecule is CCCS(=O)(=O)c1ccc(NCCC(=O)NC)cc1. The zero-order valence-corrected chi connectivity index (χ0v) is 12.1. The first-order valence-electron chi connectivity index (χ1n) is 6.27. The summed E-state index contributed by atoms with van der Waals surface area (Å²) in [5, 5.41) is 5.60. The van der Waals surface area contributed by atoms with E-state index in [1.807, 2.05) is 6.92 Å². The number of sulfone groups is 1. The molecule has 0 spiro atoms. The summed E-state index contributed by atoms with van der Waals surface area (Å²) in [7, 11) is -1.56. The monoisotopic (exact) mass is 284 g/mol. The third-order valence-electron chi connectivity index (χ3n) is 2.65. The van der Waals surface area contributed by atoms with Gasteiger partial charge in [0.05, 0.1) is 10.6 Å². The fourth-order valence-corrected chi connectivity index (χ4v) is 2.94. The number of rotatable bonds is 7. The van der Waals surface area contributed by atoms with Crippen molar-refractivity contribution < 1.29 is 13.2 Å². The highest BCUT2D eigenvalue weighted by molar-refractivity contribution is 7.91. The van der Waals surface area contributed by atoms with Crippen LogP contribution in [0.4, 0.5) is 5.69 Å². The standard InChI is InChI=1S/C13H20N2O3S/c1-3-10-19(17,18)12-6-4-11(5-7-12)15-9-8-13(16)14-2/h4-7,15H,3,8-10H2,1-2H3,(H,14,16). The van der Waals surface area contributed by atoms with Crippen LogP contribution in [0.5, 0.6) is 0 Å². The number of anilines is 1. The lowest BCUT2D eigenvalue weighted by molar-refractivity contribution is -0.120. The van der Waals surface area contributed by atoms with Gasteiger partial charge >= 0.3 is 0 Å². The van der Waals surface area contributed by atoms with E-state index in [0.717, 1.165) is 5.69 Å². The van der Waals surface area contributed by atoms with E-state index in [1.54, 1.807) is 31.3 Å². The quantitative estimate of drug-likeness (QED) is 0.794. The molecule has 5 nitrogen and oxygen atoms in total. The van der Waals surface area contributed by atoms with Crippen molar-refractivity contribution in [2.75, 3.05) is 24.7 Å². The number of amides is 1. The molecule has 0 aromatic heterocycles. The van der Waals surface area contributed by atoms with Gasteiger partial charge in [0.25, 0.3) is 0 Å². The molecular weight excluding hydrogens is 264 g/mol. The molecule has 1 aromatic carbocycles. The summed E-state index contributed by atoms with van der Waals surface area (Å²) in [4.78, 5) is 11.4. The molecule has 0 atom stereocenters. The fourth-order valence-electron chi connectivity index (χ4n) is 1.61. The van der Waals surface area contributed by atoms with Crippen molar-refractivity contribution in [3.63, 3.8) is 0 Å². The van der Waals surface area contributed by atoms with Gasteiger partial charge < -0.3 is 10.6 Å². The maximum Gasteiger partial charge on any atom is 0.221 e. The van der Waals surface area contributed by atoms with E-state index in [0.29, 0.717) is 24.3 Å². The zero-order chi connectivity index (χ0) is 14.3. The van der Waals surface area contributed by atoms with E-state index in [1.165, 1.54) is 0 Å². The molecule has 0 unspecified atom stereocenters. The predicted octanol–water partition coefficient (Wildman–Crippen LogP) is 1.42. The van der Waals surface area contributed by atoms with Gasteiger partial charge in [0.1, 0.15) is 0 Å². The highest BCUT2D eigenvalue weighted by Crippen LogP contribution is 2.15. The lowest BCUT2D eigenvalue weighted by Crippen LogP contribution is -2.20. The lowest BCUT2D eigenvalue weighted by atomic mass is 10.3. The van der Waals surface area contributed by atoms with Crippen molar-refractivity contribution in [3.05, 3.63) is 24.3 Å². The van der Waals surface area contributed by atoms with E-state index >= 15 is 0 Å². The van der Waals surface area contributed by atoms with Crippen molar-refractivity contribution in [2.45, 2.75) is 24.7 Å². The number of hydrogen-bond acceptors (Lipinski definition) is 4. The summed E-state index contributed by atoms with van der Waals surface area (Å²) in [6.07, 6.45) is 0.987. The Morgan fingerprint density at radius 2 is 1.84 bits per heavy atom. The second-order valence-corrected chi connectivity index (χ2v) is 6.30. The molecule has 0 aliphatic carbocycles. The topological polar surface area (TPSA) is 75.3 Å². The summed E-state index contributed by atoms with van der Waals surface area (Å²) < 4.78 is 23.6. The molecule has 19 heavy (non-hydrogen) atoms. The molecule has 0 bridgehead atoms. The van der Waals surface area contributed by atoms with Gasteiger partial charge in [-0.05, 0) is 30.7 Å². The normalized spacial score (nSPS) is 11.1. The number of carbonyl (C=O) groups excluding carboxylic acids is 1. The van der Waals surface area contributed by atoms with E-state index < -0.39 is 9.84 Å². The van der Waals surface area contributed by atoms with Crippen LogP contribution in [0.2, 0.25) is 0 Å². The largest absolute Gasteiger partial charge is 0.385 e. The average molecular weight is 284 g/mol. The van der Waals surface area contributed by atoms with Crippen LogP contribution in [-0.4, -0.2) is 33.7 Å². The number of carbonyl (C=O) groups is 1. The van der Waals surface area contributed by atoms with Gasteiger partial charge in [-0.2, -0.15) is 0 Å². The van der Waals surface area contributed by atoms with E-state index in [-0.39, 0.29) is 11.7 Å². The zero-order valence-electron chi connectivity index (χ0n) is 11.3. The molecule has 6 heteroatoms. The van der Waals surface area contributed by atoms with Gasteiger partial charge in [-0.15, -0.1) is 0 Å². The molecule has 0 aliphatic heterocycles. The van der Waals surface area contributed by atoms with Gasteiger partial charge in [-0.25, -0.2) is 8.42 Å². The Hall–Kier alpha value is -1.56. The van der Waals surface area contributed by atoms with Crippen LogP contribution < -0.4 is 10.6 Å². The van der Waals surface area contributed by atoms with Crippen LogP contribution in [0, 0.1) is 0 Å². The summed E-state index contributed by atoms with van der Waals surface area (Å²) in [5.41, 5.74) is 0.805. The Labute approximate surface area is 114 Å². The second-order valence-electron chi connectivity index (χ2n) is 4.19. The van der Waals surface area contributed by atoms with Crippen molar-refractivity contribution in [2.24, 2.45) is 0 Å². The van der Waals surface area contributed by atoms with Gasteiger partial charge in [0, 0.05) is 25.7 Å². The minimum Gasteiger partial charge on any atom is -0.385 e. The van der Waals surface area contributed by atoms with Crippen LogP contribution in [0.1, 0.15) is 19.8 Å². The maximum atomic E-state index is 11.8. The predicted molar refractivity (Wildman–Crippen MR) is 76.0 cm³/mol. The first-order chi connectivity index (χ1) is 8.99. The summed E-state index contributed by atoms with van der Waals surface area (Å²) in [6, 6.07) is 6.61. The Balaban J connectivity index is 2.59. The van der Waals surface area contributed by atoms with Crippen LogP contribution in [0.25, 0.3) is 0 Å². The molecule has 1 rings (SSSR count). The number of nitrogens with one attached hydrogen (secondary N) is 2. The van der Waals surface area contributed by atoms with Crippen LogP contribution in [0.15, 0.2) is 29.2 Å².